The topological polar surface area (TPSA) is 91.1 Å². The van der Waals surface area contributed by atoms with E-state index in [9.17, 15) is 14.0 Å². The van der Waals surface area contributed by atoms with E-state index in [0.29, 0.717) is 0 Å². The van der Waals surface area contributed by atoms with Crippen molar-refractivity contribution in [3.05, 3.63) is 61.7 Å². The zero-order valence-electron chi connectivity index (χ0n) is 10.6. The zero-order valence-corrected chi connectivity index (χ0v) is 12.8. The fourth-order valence-electron chi connectivity index (χ4n) is 1.32. The number of hydrogen-bond donors (Lipinski definition) is 2. The molecule has 0 radical (unpaired) electrons. The molecule has 7 heteroatoms. The van der Waals surface area contributed by atoms with Crippen LogP contribution < -0.4 is 17.0 Å². The van der Waals surface area contributed by atoms with Gasteiger partial charge in [-0.15, -0.1) is 0 Å². The van der Waals surface area contributed by atoms with Crippen LogP contribution in [0.25, 0.3) is 0 Å². The smallest absolute Gasteiger partial charge is 0.252 e. The molecule has 0 spiro atoms. The molecule has 0 aliphatic rings. The Balaban J connectivity index is 0.000000217. The van der Waals surface area contributed by atoms with Crippen molar-refractivity contribution in [1.29, 1.82) is 0 Å². The first-order valence-electron chi connectivity index (χ1n) is 5.49. The van der Waals surface area contributed by atoms with Crippen molar-refractivity contribution in [2.45, 2.75) is 0 Å². The van der Waals surface area contributed by atoms with Gasteiger partial charge in [-0.3, -0.25) is 14.2 Å². The van der Waals surface area contributed by atoms with Gasteiger partial charge < -0.3 is 11.5 Å². The Morgan fingerprint density at radius 2 is 1.95 bits per heavy atom. The maximum Gasteiger partial charge on any atom is 0.252 e. The molecule has 1 amide bonds. The minimum Gasteiger partial charge on any atom is -0.384 e. The molecule has 0 atom stereocenters. The maximum absolute atomic E-state index is 12.2. The highest BCUT2D eigenvalue weighted by atomic mass is 127. The van der Waals surface area contributed by atoms with Gasteiger partial charge in [0.1, 0.15) is 11.6 Å². The number of carbonyl (C=O) groups excluding carboxylic acids is 1. The molecule has 4 N–H and O–H groups in total. The van der Waals surface area contributed by atoms with Gasteiger partial charge in [0.05, 0.1) is 5.56 Å². The molecule has 2 rings (SSSR count). The molecule has 0 saturated carbocycles. The second-order valence-corrected chi connectivity index (χ2v) is 5.08. The third-order valence-electron chi connectivity index (χ3n) is 2.41. The summed E-state index contributed by atoms with van der Waals surface area (Å²) in [6.07, 6.45) is 0. The highest BCUT2D eigenvalue weighted by Gasteiger charge is 2.07. The lowest BCUT2D eigenvalue weighted by molar-refractivity contribution is 0.100. The molecule has 0 aliphatic heterocycles. The van der Waals surface area contributed by atoms with E-state index >= 15 is 0 Å². The number of nitrogen functional groups attached to an aromatic ring is 1. The Labute approximate surface area is 128 Å². The van der Waals surface area contributed by atoms with Crippen LogP contribution in [0, 0.1) is 9.39 Å². The van der Waals surface area contributed by atoms with Crippen molar-refractivity contribution < 1.29 is 9.18 Å². The summed E-state index contributed by atoms with van der Waals surface area (Å²) in [5.41, 5.74) is 10.3. The summed E-state index contributed by atoms with van der Waals surface area (Å²) in [6, 6.07) is 9.03. The van der Waals surface area contributed by atoms with E-state index in [1.54, 1.807) is 6.07 Å². The SMILES string of the molecule is Cn1c(N)c(C(N)=O)ccc1=O.Fc1cccc(I)c1. The van der Waals surface area contributed by atoms with Crippen molar-refractivity contribution in [1.82, 2.24) is 4.57 Å². The summed E-state index contributed by atoms with van der Waals surface area (Å²) in [5, 5.41) is 0. The number of nitrogens with zero attached hydrogens (tertiary/aromatic N) is 1. The average Bonchev–Trinajstić information content (AvgIpc) is 2.36. The van der Waals surface area contributed by atoms with E-state index in [2.05, 4.69) is 22.6 Å². The fourth-order valence-corrected chi connectivity index (χ4v) is 1.82. The van der Waals surface area contributed by atoms with E-state index in [4.69, 9.17) is 11.5 Å². The summed E-state index contributed by atoms with van der Waals surface area (Å²) >= 11 is 2.07. The van der Waals surface area contributed by atoms with Gasteiger partial charge in [-0.25, -0.2) is 4.39 Å². The van der Waals surface area contributed by atoms with Crippen LogP contribution >= 0.6 is 22.6 Å². The molecule has 5 nitrogen and oxygen atoms in total. The fraction of sp³-hybridized carbons (Fsp3) is 0.0769. The van der Waals surface area contributed by atoms with E-state index < -0.39 is 5.91 Å². The molecule has 0 aliphatic carbocycles. The van der Waals surface area contributed by atoms with Crippen LogP contribution in [0.4, 0.5) is 10.2 Å². The van der Waals surface area contributed by atoms with Gasteiger partial charge in [-0.2, -0.15) is 0 Å². The lowest BCUT2D eigenvalue weighted by atomic mass is 10.2. The Bertz CT molecular complexity index is 668. The summed E-state index contributed by atoms with van der Waals surface area (Å²) in [6.45, 7) is 0. The molecule has 2 aromatic rings. The number of hydrogen-bond acceptors (Lipinski definition) is 3. The highest BCUT2D eigenvalue weighted by molar-refractivity contribution is 14.1. The van der Waals surface area contributed by atoms with Gasteiger partial charge in [0, 0.05) is 16.7 Å². The molecule has 1 aromatic heterocycles. The van der Waals surface area contributed by atoms with Gasteiger partial charge in [0.25, 0.3) is 11.5 Å². The molecule has 0 saturated heterocycles. The molecule has 0 unspecified atom stereocenters. The van der Waals surface area contributed by atoms with Crippen molar-refractivity contribution in [3.63, 3.8) is 0 Å². The monoisotopic (exact) mass is 389 g/mol. The van der Waals surface area contributed by atoms with Gasteiger partial charge in [-0.1, -0.05) is 6.07 Å². The molecule has 20 heavy (non-hydrogen) atoms. The third kappa shape index (κ3) is 4.34. The number of primary amides is 1. The van der Waals surface area contributed by atoms with Crippen molar-refractivity contribution >= 4 is 34.3 Å². The summed E-state index contributed by atoms with van der Waals surface area (Å²) < 4.78 is 14.3. The maximum atomic E-state index is 12.2. The minimum atomic E-state index is -0.636. The van der Waals surface area contributed by atoms with Crippen LogP contribution in [-0.4, -0.2) is 10.5 Å². The predicted molar refractivity (Wildman–Crippen MR) is 83.7 cm³/mol. The largest absolute Gasteiger partial charge is 0.384 e. The zero-order chi connectivity index (χ0) is 15.3. The normalized spacial score (nSPS) is 9.55. The first kappa shape index (κ1) is 16.2. The van der Waals surface area contributed by atoms with Crippen LogP contribution in [-0.2, 0) is 7.05 Å². The van der Waals surface area contributed by atoms with Crippen molar-refractivity contribution in [2.24, 2.45) is 12.8 Å². The van der Waals surface area contributed by atoms with E-state index in [-0.39, 0.29) is 22.8 Å². The summed E-state index contributed by atoms with van der Waals surface area (Å²) in [4.78, 5) is 21.7. The molecule has 106 valence electrons. The van der Waals surface area contributed by atoms with Gasteiger partial charge in [-0.05, 0) is 46.9 Å². The molecule has 0 fully saturated rings. The van der Waals surface area contributed by atoms with E-state index in [1.165, 1.54) is 35.9 Å². The van der Waals surface area contributed by atoms with Crippen LogP contribution in [0.15, 0.2) is 41.2 Å². The van der Waals surface area contributed by atoms with E-state index in [1.807, 2.05) is 6.07 Å². The van der Waals surface area contributed by atoms with Gasteiger partial charge in [0.2, 0.25) is 0 Å². The minimum absolute atomic E-state index is 0.0926. The number of nitrogens with two attached hydrogens (primary N) is 2. The number of pyridine rings is 1. The lowest BCUT2D eigenvalue weighted by Gasteiger charge is -2.05. The number of benzene rings is 1. The Kier molecular flexibility index (Phi) is 5.68. The Morgan fingerprint density at radius 1 is 1.30 bits per heavy atom. The summed E-state index contributed by atoms with van der Waals surface area (Å²) in [7, 11) is 1.48. The van der Waals surface area contributed by atoms with Crippen LogP contribution in [0.2, 0.25) is 0 Å². The standard InChI is InChI=1S/C7H9N3O2.C6H4FI/c1-10-5(11)3-2-4(6(10)8)7(9)12;7-5-2-1-3-6(8)4-5/h2-3H,8H2,1H3,(H2,9,12);1-4H. The number of rotatable bonds is 1. The van der Waals surface area contributed by atoms with Crippen molar-refractivity contribution in [2.75, 3.05) is 5.73 Å². The number of anilines is 1. The quantitative estimate of drug-likeness (QED) is 0.725. The second kappa shape index (κ2) is 7.04. The molecule has 1 aromatic carbocycles. The van der Waals surface area contributed by atoms with Crippen LogP contribution in [0.1, 0.15) is 10.4 Å². The van der Waals surface area contributed by atoms with E-state index in [0.717, 1.165) is 3.57 Å². The van der Waals surface area contributed by atoms with Crippen LogP contribution in [0.5, 0.6) is 0 Å². The number of carbonyl (C=O) groups is 1. The molecule has 1 heterocycles. The first-order valence-corrected chi connectivity index (χ1v) is 6.57. The average molecular weight is 389 g/mol. The summed E-state index contributed by atoms with van der Waals surface area (Å²) in [5.74, 6) is -0.713. The number of halogens is 2. The molecular formula is C13H13FIN3O2. The number of aromatic nitrogens is 1. The lowest BCUT2D eigenvalue weighted by Crippen LogP contribution is -2.24. The van der Waals surface area contributed by atoms with Crippen LogP contribution in [0.3, 0.4) is 0 Å². The Hall–Kier alpha value is -1.90. The molecular weight excluding hydrogens is 376 g/mol. The van der Waals surface area contributed by atoms with Crippen molar-refractivity contribution in [3.8, 4) is 0 Å². The van der Waals surface area contributed by atoms with Gasteiger partial charge in [0.15, 0.2) is 0 Å². The Morgan fingerprint density at radius 3 is 2.40 bits per heavy atom. The van der Waals surface area contributed by atoms with Gasteiger partial charge >= 0.3 is 0 Å². The highest BCUT2D eigenvalue weighted by Crippen LogP contribution is 2.05. The second-order valence-electron chi connectivity index (χ2n) is 3.83. The third-order valence-corrected chi connectivity index (χ3v) is 3.08. The number of amides is 1. The first-order chi connectivity index (χ1) is 9.32. The predicted octanol–water partition coefficient (Wildman–Crippen LogP) is 1.50. The molecule has 0 bridgehead atoms.